The maximum Gasteiger partial charge on any atom is 0.304 e. The molecule has 0 spiro atoms. The van der Waals surface area contributed by atoms with E-state index >= 15 is 0 Å². The van der Waals surface area contributed by atoms with Crippen molar-refractivity contribution in [3.05, 3.63) is 30.1 Å². The van der Waals surface area contributed by atoms with Crippen molar-refractivity contribution in [1.82, 2.24) is 9.62 Å². The molecule has 0 unspecified atom stereocenters. The van der Waals surface area contributed by atoms with Gasteiger partial charge in [-0.25, -0.2) is 4.39 Å². The first-order valence-corrected chi connectivity index (χ1v) is 7.69. The minimum atomic E-state index is -3.58. The summed E-state index contributed by atoms with van der Waals surface area (Å²) in [4.78, 5) is 0. The van der Waals surface area contributed by atoms with Crippen LogP contribution in [-0.4, -0.2) is 45.4 Å². The van der Waals surface area contributed by atoms with Gasteiger partial charge in [0.2, 0.25) is 0 Å². The second-order valence-corrected chi connectivity index (χ2v) is 6.15. The molecule has 1 heterocycles. The highest BCUT2D eigenvalue weighted by molar-refractivity contribution is 7.90. The predicted octanol–water partition coefficient (Wildman–Crippen LogP) is 0.802. The van der Waals surface area contributed by atoms with Crippen molar-refractivity contribution < 1.29 is 12.8 Å². The lowest BCUT2D eigenvalue weighted by Crippen LogP contribution is -2.51. The van der Waals surface area contributed by atoms with E-state index in [1.54, 1.807) is 13.0 Å². The van der Waals surface area contributed by atoms with Crippen molar-refractivity contribution in [2.75, 3.05) is 37.0 Å². The van der Waals surface area contributed by atoms with E-state index in [4.69, 9.17) is 0 Å². The number of hydrogen-bond donors (Lipinski definition) is 1. The van der Waals surface area contributed by atoms with Gasteiger partial charge in [0.25, 0.3) is 0 Å². The Morgan fingerprint density at radius 3 is 2.63 bits per heavy atom. The molecule has 0 aromatic heterocycles. The minimum absolute atomic E-state index is 0.274. The van der Waals surface area contributed by atoms with Gasteiger partial charge in [0.05, 0.1) is 5.69 Å². The van der Waals surface area contributed by atoms with E-state index < -0.39 is 16.0 Å². The first kappa shape index (κ1) is 14.2. The molecule has 0 atom stereocenters. The van der Waals surface area contributed by atoms with Crippen LogP contribution in [0.1, 0.15) is 6.92 Å². The Morgan fingerprint density at radius 2 is 2.05 bits per heavy atom. The SMILES string of the molecule is CCN(c1cccc(F)c1)S(=O)(=O)N1CCNCC1. The van der Waals surface area contributed by atoms with Crippen molar-refractivity contribution >= 4 is 15.9 Å². The third-order valence-corrected chi connectivity index (χ3v) is 5.11. The van der Waals surface area contributed by atoms with Gasteiger partial charge in [-0.3, -0.25) is 4.31 Å². The van der Waals surface area contributed by atoms with Gasteiger partial charge in [0.15, 0.2) is 0 Å². The van der Waals surface area contributed by atoms with Crippen LogP contribution < -0.4 is 9.62 Å². The summed E-state index contributed by atoms with van der Waals surface area (Å²) in [6.45, 7) is 4.17. The van der Waals surface area contributed by atoms with Crippen LogP contribution in [0.25, 0.3) is 0 Å². The van der Waals surface area contributed by atoms with Gasteiger partial charge in [-0.1, -0.05) is 6.07 Å². The molecule has 0 saturated carbocycles. The number of halogens is 1. The van der Waals surface area contributed by atoms with Gasteiger partial charge in [0.1, 0.15) is 5.82 Å². The summed E-state index contributed by atoms with van der Waals surface area (Å²) in [5.41, 5.74) is 0.362. The molecule has 0 amide bonds. The Balaban J connectivity index is 2.30. The van der Waals surface area contributed by atoms with Crippen LogP contribution in [-0.2, 0) is 10.2 Å². The number of anilines is 1. The summed E-state index contributed by atoms with van der Waals surface area (Å²) in [5, 5.41) is 3.11. The van der Waals surface area contributed by atoms with E-state index in [0.29, 0.717) is 31.9 Å². The normalized spacial score (nSPS) is 17.4. The minimum Gasteiger partial charge on any atom is -0.314 e. The van der Waals surface area contributed by atoms with E-state index in [1.807, 2.05) is 0 Å². The first-order chi connectivity index (χ1) is 9.05. The lowest BCUT2D eigenvalue weighted by Gasteiger charge is -2.33. The van der Waals surface area contributed by atoms with E-state index in [-0.39, 0.29) is 6.54 Å². The highest BCUT2D eigenvalue weighted by Crippen LogP contribution is 2.21. The van der Waals surface area contributed by atoms with Gasteiger partial charge < -0.3 is 5.32 Å². The summed E-state index contributed by atoms with van der Waals surface area (Å²) in [5.74, 6) is -0.438. The fourth-order valence-corrected chi connectivity index (χ4v) is 3.75. The van der Waals surface area contributed by atoms with E-state index in [1.165, 1.54) is 26.8 Å². The molecule has 5 nitrogen and oxygen atoms in total. The molecule has 1 fully saturated rings. The van der Waals surface area contributed by atoms with Crippen molar-refractivity contribution in [2.45, 2.75) is 6.92 Å². The molecular formula is C12H18FN3O2S. The summed E-state index contributed by atoms with van der Waals surface area (Å²) in [6, 6.07) is 5.66. The lowest BCUT2D eigenvalue weighted by molar-refractivity contribution is 0.359. The number of nitrogens with zero attached hydrogens (tertiary/aromatic N) is 2. The lowest BCUT2D eigenvalue weighted by atomic mass is 10.3. The maximum absolute atomic E-state index is 13.2. The topological polar surface area (TPSA) is 52.7 Å². The molecule has 0 aliphatic carbocycles. The Labute approximate surface area is 113 Å². The van der Waals surface area contributed by atoms with Crippen LogP contribution >= 0.6 is 0 Å². The Morgan fingerprint density at radius 1 is 1.37 bits per heavy atom. The van der Waals surface area contributed by atoms with Crippen LogP contribution in [0.3, 0.4) is 0 Å². The molecule has 7 heteroatoms. The molecule has 1 aromatic rings. The number of piperazine rings is 1. The average molecular weight is 287 g/mol. The fourth-order valence-electron chi connectivity index (χ4n) is 2.12. The molecular weight excluding hydrogens is 269 g/mol. The van der Waals surface area contributed by atoms with Crippen molar-refractivity contribution in [3.63, 3.8) is 0 Å². The third kappa shape index (κ3) is 3.05. The molecule has 1 aliphatic heterocycles. The average Bonchev–Trinajstić information content (AvgIpc) is 2.40. The van der Waals surface area contributed by atoms with Gasteiger partial charge in [-0.2, -0.15) is 12.7 Å². The van der Waals surface area contributed by atoms with Crippen molar-refractivity contribution in [2.24, 2.45) is 0 Å². The summed E-state index contributed by atoms with van der Waals surface area (Å²) in [7, 11) is -3.58. The molecule has 106 valence electrons. The monoisotopic (exact) mass is 287 g/mol. The van der Waals surface area contributed by atoms with E-state index in [0.717, 1.165) is 0 Å². The molecule has 1 aliphatic rings. The van der Waals surface area contributed by atoms with Crippen LogP contribution in [0.4, 0.5) is 10.1 Å². The third-order valence-electron chi connectivity index (χ3n) is 3.06. The van der Waals surface area contributed by atoms with Gasteiger partial charge >= 0.3 is 10.2 Å². The second-order valence-electron chi connectivity index (χ2n) is 4.30. The Hall–Kier alpha value is -1.18. The quantitative estimate of drug-likeness (QED) is 0.891. The number of rotatable bonds is 4. The number of benzene rings is 1. The van der Waals surface area contributed by atoms with Gasteiger partial charge in [-0.05, 0) is 25.1 Å². The zero-order valence-corrected chi connectivity index (χ0v) is 11.7. The first-order valence-electron chi connectivity index (χ1n) is 6.30. The summed E-state index contributed by atoms with van der Waals surface area (Å²) in [6.07, 6.45) is 0. The molecule has 2 rings (SSSR count). The Bertz CT molecular complexity index is 530. The zero-order valence-electron chi connectivity index (χ0n) is 10.8. The molecule has 0 bridgehead atoms. The highest BCUT2D eigenvalue weighted by Gasteiger charge is 2.29. The summed E-state index contributed by atoms with van der Waals surface area (Å²) < 4.78 is 41.0. The van der Waals surface area contributed by atoms with Gasteiger partial charge in [0, 0.05) is 32.7 Å². The number of nitrogens with one attached hydrogen (secondary N) is 1. The molecule has 0 radical (unpaired) electrons. The van der Waals surface area contributed by atoms with Crippen molar-refractivity contribution in [1.29, 1.82) is 0 Å². The molecule has 1 saturated heterocycles. The molecule has 1 N–H and O–H groups in total. The Kier molecular flexibility index (Phi) is 4.38. The van der Waals surface area contributed by atoms with Crippen molar-refractivity contribution in [3.8, 4) is 0 Å². The van der Waals surface area contributed by atoms with E-state index in [2.05, 4.69) is 5.32 Å². The highest BCUT2D eigenvalue weighted by atomic mass is 32.2. The van der Waals surface area contributed by atoms with E-state index in [9.17, 15) is 12.8 Å². The second kappa shape index (κ2) is 5.85. The predicted molar refractivity (Wildman–Crippen MR) is 72.8 cm³/mol. The zero-order chi connectivity index (χ0) is 13.9. The number of hydrogen-bond acceptors (Lipinski definition) is 3. The largest absolute Gasteiger partial charge is 0.314 e. The van der Waals surface area contributed by atoms with Crippen LogP contribution in [0, 0.1) is 5.82 Å². The molecule has 19 heavy (non-hydrogen) atoms. The molecule has 1 aromatic carbocycles. The van der Waals surface area contributed by atoms with Crippen LogP contribution in [0.15, 0.2) is 24.3 Å². The van der Waals surface area contributed by atoms with Crippen LogP contribution in [0.5, 0.6) is 0 Å². The standard InChI is InChI=1S/C12H18FN3O2S/c1-2-16(12-5-3-4-11(13)10-12)19(17,18)15-8-6-14-7-9-15/h3-5,10,14H,2,6-9H2,1H3. The smallest absolute Gasteiger partial charge is 0.304 e. The summed E-state index contributed by atoms with van der Waals surface area (Å²) >= 11 is 0. The van der Waals surface area contributed by atoms with Crippen LogP contribution in [0.2, 0.25) is 0 Å². The van der Waals surface area contributed by atoms with Gasteiger partial charge in [-0.15, -0.1) is 0 Å². The maximum atomic E-state index is 13.2. The fraction of sp³-hybridized carbons (Fsp3) is 0.500.